The Bertz CT molecular complexity index is 441. The van der Waals surface area contributed by atoms with E-state index >= 15 is 0 Å². The van der Waals surface area contributed by atoms with Gasteiger partial charge in [-0.15, -0.1) is 0 Å². The van der Waals surface area contributed by atoms with Crippen LogP contribution >= 0.6 is 7.60 Å². The van der Waals surface area contributed by atoms with Gasteiger partial charge in [0.15, 0.2) is 11.5 Å². The number of hydrogen-bond donors (Lipinski definition) is 3. The molecule has 0 spiro atoms. The third-order valence-corrected chi connectivity index (χ3v) is 4.52. The lowest BCUT2D eigenvalue weighted by Crippen LogP contribution is -2.15. The van der Waals surface area contributed by atoms with Crippen LogP contribution in [0.3, 0.4) is 0 Å². The van der Waals surface area contributed by atoms with Crippen LogP contribution in [-0.4, -0.2) is 23.4 Å². The Hall–Kier alpha value is -1.07. The molecule has 18 heavy (non-hydrogen) atoms. The van der Waals surface area contributed by atoms with Crippen LogP contribution in [0.5, 0.6) is 11.5 Å². The molecule has 0 aromatic heterocycles. The third-order valence-electron chi connectivity index (χ3n) is 2.32. The molecule has 1 aromatic rings. The van der Waals surface area contributed by atoms with E-state index < -0.39 is 19.1 Å². The SMILES string of the molecule is CCOP(=O)(OCC)[C@@H](N)c1cccc(O)c1O. The number of nitrogens with two attached hydrogens (primary N) is 1. The van der Waals surface area contributed by atoms with Gasteiger partial charge in [-0.05, 0) is 19.9 Å². The van der Waals surface area contributed by atoms with Crippen molar-refractivity contribution in [2.45, 2.75) is 19.6 Å². The summed E-state index contributed by atoms with van der Waals surface area (Å²) in [6.07, 6.45) is 0. The second kappa shape index (κ2) is 6.20. The first-order chi connectivity index (χ1) is 8.46. The van der Waals surface area contributed by atoms with E-state index in [1.165, 1.54) is 18.2 Å². The van der Waals surface area contributed by atoms with Crippen molar-refractivity contribution >= 4 is 7.60 Å². The minimum atomic E-state index is -3.57. The van der Waals surface area contributed by atoms with Gasteiger partial charge in [-0.1, -0.05) is 12.1 Å². The molecular formula is C11H18NO5P. The van der Waals surface area contributed by atoms with Gasteiger partial charge in [-0.25, -0.2) is 0 Å². The molecule has 1 aromatic carbocycles. The lowest BCUT2D eigenvalue weighted by Gasteiger charge is -2.24. The van der Waals surface area contributed by atoms with Crippen LogP contribution in [-0.2, 0) is 13.6 Å². The number of phenols is 2. The van der Waals surface area contributed by atoms with Gasteiger partial charge in [0.2, 0.25) is 0 Å². The highest BCUT2D eigenvalue weighted by Crippen LogP contribution is 2.59. The van der Waals surface area contributed by atoms with Crippen molar-refractivity contribution in [3.63, 3.8) is 0 Å². The summed E-state index contributed by atoms with van der Waals surface area (Å²) < 4.78 is 22.6. The Balaban J connectivity index is 3.13. The predicted octanol–water partition coefficient (Wildman–Crippen LogP) is 2.32. The van der Waals surface area contributed by atoms with E-state index in [1.807, 2.05) is 0 Å². The fraction of sp³-hybridized carbons (Fsp3) is 0.455. The number of aromatic hydroxyl groups is 2. The zero-order chi connectivity index (χ0) is 13.8. The van der Waals surface area contributed by atoms with Crippen molar-refractivity contribution in [2.24, 2.45) is 5.73 Å². The maximum atomic E-state index is 12.4. The van der Waals surface area contributed by atoms with Crippen LogP contribution in [0.4, 0.5) is 0 Å². The first-order valence-corrected chi connectivity index (χ1v) is 7.22. The largest absolute Gasteiger partial charge is 0.504 e. The topological polar surface area (TPSA) is 102 Å². The molecule has 0 saturated carbocycles. The van der Waals surface area contributed by atoms with E-state index in [9.17, 15) is 14.8 Å². The fourth-order valence-corrected chi connectivity index (χ4v) is 3.18. The van der Waals surface area contributed by atoms with E-state index in [-0.39, 0.29) is 24.5 Å². The Kier molecular flexibility index (Phi) is 5.16. The summed E-state index contributed by atoms with van der Waals surface area (Å²) >= 11 is 0. The van der Waals surface area contributed by atoms with Gasteiger partial charge >= 0.3 is 7.60 Å². The predicted molar refractivity (Wildman–Crippen MR) is 67.6 cm³/mol. The summed E-state index contributed by atoms with van der Waals surface area (Å²) in [6, 6.07) is 4.26. The molecule has 0 fully saturated rings. The van der Waals surface area contributed by atoms with Crippen molar-refractivity contribution in [1.82, 2.24) is 0 Å². The van der Waals surface area contributed by atoms with Gasteiger partial charge in [-0.3, -0.25) is 4.57 Å². The molecule has 0 amide bonds. The molecule has 0 aliphatic heterocycles. The number of benzene rings is 1. The molecule has 102 valence electrons. The first kappa shape index (κ1) is 15.0. The number of para-hydroxylation sites is 1. The molecule has 0 bridgehead atoms. The zero-order valence-corrected chi connectivity index (χ0v) is 11.3. The Morgan fingerprint density at radius 1 is 1.28 bits per heavy atom. The van der Waals surface area contributed by atoms with Crippen LogP contribution in [0.1, 0.15) is 25.2 Å². The van der Waals surface area contributed by atoms with Gasteiger partial charge in [0.25, 0.3) is 0 Å². The molecule has 0 heterocycles. The van der Waals surface area contributed by atoms with E-state index in [0.717, 1.165) is 0 Å². The second-order valence-electron chi connectivity index (χ2n) is 3.54. The zero-order valence-electron chi connectivity index (χ0n) is 10.4. The van der Waals surface area contributed by atoms with E-state index in [2.05, 4.69) is 0 Å². The highest BCUT2D eigenvalue weighted by Gasteiger charge is 2.35. The molecule has 1 atom stereocenters. The third kappa shape index (κ3) is 3.03. The van der Waals surface area contributed by atoms with Crippen molar-refractivity contribution in [3.05, 3.63) is 23.8 Å². The quantitative estimate of drug-likeness (QED) is 0.544. The Morgan fingerprint density at radius 2 is 1.83 bits per heavy atom. The van der Waals surface area contributed by atoms with Crippen LogP contribution in [0.25, 0.3) is 0 Å². The maximum Gasteiger partial charge on any atom is 0.351 e. The lowest BCUT2D eigenvalue weighted by atomic mass is 10.2. The second-order valence-corrected chi connectivity index (χ2v) is 5.69. The Morgan fingerprint density at radius 3 is 2.33 bits per heavy atom. The average molecular weight is 275 g/mol. The normalized spacial score (nSPS) is 13.5. The average Bonchev–Trinajstić information content (AvgIpc) is 2.32. The van der Waals surface area contributed by atoms with Gasteiger partial charge in [-0.2, -0.15) is 0 Å². The summed E-state index contributed by atoms with van der Waals surface area (Å²) in [5.74, 6) is -1.89. The highest BCUT2D eigenvalue weighted by atomic mass is 31.2. The summed E-state index contributed by atoms with van der Waals surface area (Å²) in [5.41, 5.74) is 5.96. The minimum absolute atomic E-state index is 0.125. The molecule has 6 nitrogen and oxygen atoms in total. The number of rotatable bonds is 6. The van der Waals surface area contributed by atoms with E-state index in [0.29, 0.717) is 0 Å². The molecular weight excluding hydrogens is 257 g/mol. The van der Waals surface area contributed by atoms with Crippen LogP contribution in [0.2, 0.25) is 0 Å². The molecule has 4 N–H and O–H groups in total. The minimum Gasteiger partial charge on any atom is -0.504 e. The number of hydrogen-bond acceptors (Lipinski definition) is 6. The Labute approximate surface area is 106 Å². The number of phenolic OH excluding ortho intramolecular Hbond substituents is 2. The smallest absolute Gasteiger partial charge is 0.351 e. The molecule has 1 rings (SSSR count). The van der Waals surface area contributed by atoms with Gasteiger partial charge in [0, 0.05) is 5.56 Å². The standard InChI is InChI=1S/C11H18NO5P/c1-3-16-18(15,17-4-2)11(12)8-6-5-7-9(13)10(8)14/h5-7,11,13-14H,3-4,12H2,1-2H3/t11-/m1/s1. The highest BCUT2D eigenvalue weighted by molar-refractivity contribution is 7.54. The molecule has 0 radical (unpaired) electrons. The lowest BCUT2D eigenvalue weighted by molar-refractivity contribution is 0.212. The molecule has 0 aliphatic carbocycles. The molecule has 0 aliphatic rings. The summed E-state index contributed by atoms with van der Waals surface area (Å²) in [5, 5.41) is 19.1. The van der Waals surface area contributed by atoms with Crippen LogP contribution in [0.15, 0.2) is 18.2 Å². The fourth-order valence-electron chi connectivity index (χ4n) is 1.52. The summed E-state index contributed by atoms with van der Waals surface area (Å²) in [6.45, 7) is 3.68. The molecule has 7 heteroatoms. The molecule has 0 saturated heterocycles. The van der Waals surface area contributed by atoms with Crippen LogP contribution < -0.4 is 5.73 Å². The van der Waals surface area contributed by atoms with Crippen molar-refractivity contribution in [2.75, 3.05) is 13.2 Å². The first-order valence-electron chi connectivity index (χ1n) is 5.61. The summed E-state index contributed by atoms with van der Waals surface area (Å²) in [4.78, 5) is 0. The summed E-state index contributed by atoms with van der Waals surface area (Å²) in [7, 11) is -3.57. The van der Waals surface area contributed by atoms with E-state index in [4.69, 9.17) is 14.8 Å². The van der Waals surface area contributed by atoms with E-state index in [1.54, 1.807) is 13.8 Å². The molecule has 0 unspecified atom stereocenters. The van der Waals surface area contributed by atoms with Gasteiger partial charge in [0.1, 0.15) is 5.78 Å². The van der Waals surface area contributed by atoms with Gasteiger partial charge < -0.3 is 25.0 Å². The van der Waals surface area contributed by atoms with Crippen LogP contribution in [0, 0.1) is 0 Å². The maximum absolute atomic E-state index is 12.4. The van der Waals surface area contributed by atoms with Crippen molar-refractivity contribution < 1.29 is 23.8 Å². The van der Waals surface area contributed by atoms with Gasteiger partial charge in [0.05, 0.1) is 13.2 Å². The van der Waals surface area contributed by atoms with Crippen molar-refractivity contribution in [3.8, 4) is 11.5 Å². The van der Waals surface area contributed by atoms with Crippen molar-refractivity contribution in [1.29, 1.82) is 0 Å². The monoisotopic (exact) mass is 275 g/mol.